The third-order valence-corrected chi connectivity index (χ3v) is 4.06. The summed E-state index contributed by atoms with van der Waals surface area (Å²) < 4.78 is 5.02. The molecule has 3 rings (SSSR count). The first kappa shape index (κ1) is 15.3. The van der Waals surface area contributed by atoms with Crippen LogP contribution in [0.3, 0.4) is 0 Å². The van der Waals surface area contributed by atoms with Gasteiger partial charge in [0.25, 0.3) is 5.91 Å². The highest BCUT2D eigenvalue weighted by atomic mass is 16.5. The van der Waals surface area contributed by atoms with Gasteiger partial charge in [0.1, 0.15) is 0 Å². The Hall–Kier alpha value is -2.62. The van der Waals surface area contributed by atoms with E-state index in [-0.39, 0.29) is 24.4 Å². The number of nitrogens with one attached hydrogen (secondary N) is 1. The van der Waals surface area contributed by atoms with Crippen molar-refractivity contribution in [2.45, 2.75) is 19.3 Å². The summed E-state index contributed by atoms with van der Waals surface area (Å²) in [6.45, 7) is -0.226. The van der Waals surface area contributed by atoms with Crippen LogP contribution < -0.4 is 5.32 Å². The Balaban J connectivity index is 1.51. The number of benzene rings is 2. The van der Waals surface area contributed by atoms with Gasteiger partial charge in [-0.15, -0.1) is 0 Å². The molecule has 0 radical (unpaired) electrons. The van der Waals surface area contributed by atoms with E-state index >= 15 is 0 Å². The van der Waals surface area contributed by atoms with Gasteiger partial charge in [0, 0.05) is 5.69 Å². The molecule has 118 valence electrons. The molecule has 0 heterocycles. The second-order valence-electron chi connectivity index (χ2n) is 5.73. The number of ether oxygens (including phenoxy) is 1. The molecule has 2 aromatic carbocycles. The Kier molecular flexibility index (Phi) is 4.71. The highest BCUT2D eigenvalue weighted by Crippen LogP contribution is 2.27. The number of carbonyl (C=O) groups is 2. The van der Waals surface area contributed by atoms with Gasteiger partial charge in [-0.05, 0) is 36.1 Å². The second kappa shape index (κ2) is 7.09. The Labute approximate surface area is 135 Å². The van der Waals surface area contributed by atoms with Crippen LogP contribution >= 0.6 is 0 Å². The summed E-state index contributed by atoms with van der Waals surface area (Å²) in [7, 11) is 0. The predicted molar refractivity (Wildman–Crippen MR) is 88.8 cm³/mol. The zero-order valence-electron chi connectivity index (χ0n) is 12.8. The minimum absolute atomic E-state index is 0.00652. The Morgan fingerprint density at radius 3 is 2.22 bits per heavy atom. The highest BCUT2D eigenvalue weighted by Gasteiger charge is 2.27. The lowest BCUT2D eigenvalue weighted by molar-refractivity contribution is -0.154. The van der Waals surface area contributed by atoms with Crippen molar-refractivity contribution in [2.24, 2.45) is 5.92 Å². The second-order valence-corrected chi connectivity index (χ2v) is 5.73. The minimum atomic E-state index is -0.315. The third-order valence-electron chi connectivity index (χ3n) is 4.06. The van der Waals surface area contributed by atoms with E-state index in [9.17, 15) is 9.59 Å². The smallest absolute Gasteiger partial charge is 0.309 e. The van der Waals surface area contributed by atoms with Crippen molar-refractivity contribution >= 4 is 17.6 Å². The fraction of sp³-hybridized carbons (Fsp3) is 0.263. The molecule has 4 heteroatoms. The number of rotatable bonds is 5. The summed E-state index contributed by atoms with van der Waals surface area (Å²) >= 11 is 0. The molecule has 0 atom stereocenters. The van der Waals surface area contributed by atoms with Gasteiger partial charge in [0.05, 0.1) is 5.92 Å². The van der Waals surface area contributed by atoms with Crippen LogP contribution in [0.5, 0.6) is 0 Å². The molecular weight excluding hydrogens is 290 g/mol. The molecule has 0 aliphatic heterocycles. The van der Waals surface area contributed by atoms with Gasteiger partial charge in [-0.3, -0.25) is 9.59 Å². The molecule has 0 unspecified atom stereocenters. The molecule has 1 saturated carbocycles. The molecule has 0 saturated heterocycles. The average Bonchev–Trinajstić information content (AvgIpc) is 2.53. The van der Waals surface area contributed by atoms with Crippen LogP contribution in [0.4, 0.5) is 5.69 Å². The van der Waals surface area contributed by atoms with Crippen LogP contribution in [0.2, 0.25) is 0 Å². The number of amides is 1. The topological polar surface area (TPSA) is 55.4 Å². The van der Waals surface area contributed by atoms with E-state index in [0.717, 1.165) is 30.4 Å². The summed E-state index contributed by atoms with van der Waals surface area (Å²) in [5.74, 6) is -0.580. The first-order chi connectivity index (χ1) is 11.2. The van der Waals surface area contributed by atoms with Gasteiger partial charge < -0.3 is 10.1 Å². The molecule has 1 aliphatic rings. The number of carbonyl (C=O) groups excluding carboxylic acids is 2. The maximum Gasteiger partial charge on any atom is 0.309 e. The molecular formula is C19H19NO3. The fourth-order valence-corrected chi connectivity index (χ4v) is 2.47. The number of esters is 1. The number of hydrogen-bond acceptors (Lipinski definition) is 3. The summed E-state index contributed by atoms with van der Waals surface area (Å²) in [5, 5.41) is 2.73. The van der Waals surface area contributed by atoms with E-state index in [2.05, 4.69) is 5.32 Å². The van der Waals surface area contributed by atoms with E-state index in [0.29, 0.717) is 5.69 Å². The van der Waals surface area contributed by atoms with Crippen LogP contribution in [0.1, 0.15) is 19.3 Å². The Morgan fingerprint density at radius 2 is 1.61 bits per heavy atom. The van der Waals surface area contributed by atoms with Gasteiger partial charge in [-0.25, -0.2) is 0 Å². The van der Waals surface area contributed by atoms with Gasteiger partial charge >= 0.3 is 5.97 Å². The number of hydrogen-bond donors (Lipinski definition) is 1. The molecule has 2 aromatic rings. The third kappa shape index (κ3) is 3.97. The number of anilines is 1. The molecule has 4 nitrogen and oxygen atoms in total. The summed E-state index contributed by atoms with van der Waals surface area (Å²) in [4.78, 5) is 23.4. The molecule has 1 N–H and O–H groups in total. The van der Waals surface area contributed by atoms with Crippen LogP contribution in [-0.4, -0.2) is 18.5 Å². The molecule has 0 aromatic heterocycles. The SMILES string of the molecule is O=C(COC(=O)C1CCC1)Nc1ccc(-c2ccccc2)cc1. The van der Waals surface area contributed by atoms with Crippen LogP contribution in [0.25, 0.3) is 11.1 Å². The first-order valence-electron chi connectivity index (χ1n) is 7.84. The van der Waals surface area contributed by atoms with Crippen LogP contribution in [-0.2, 0) is 14.3 Å². The monoisotopic (exact) mass is 309 g/mol. The maximum atomic E-state index is 11.8. The maximum absolute atomic E-state index is 11.8. The zero-order chi connectivity index (χ0) is 16.1. The highest BCUT2D eigenvalue weighted by molar-refractivity contribution is 5.93. The van der Waals surface area contributed by atoms with Crippen molar-refractivity contribution in [3.8, 4) is 11.1 Å². The zero-order valence-corrected chi connectivity index (χ0v) is 12.8. The molecule has 23 heavy (non-hydrogen) atoms. The van der Waals surface area contributed by atoms with Gasteiger partial charge in [0.15, 0.2) is 6.61 Å². The van der Waals surface area contributed by atoms with Crippen molar-refractivity contribution in [1.82, 2.24) is 0 Å². The Bertz CT molecular complexity index is 676. The standard InChI is InChI=1S/C19H19NO3/c21-18(13-23-19(22)16-7-4-8-16)20-17-11-9-15(10-12-17)14-5-2-1-3-6-14/h1-3,5-6,9-12,16H,4,7-8,13H2,(H,20,21). The first-order valence-corrected chi connectivity index (χ1v) is 7.84. The molecule has 1 fully saturated rings. The predicted octanol–water partition coefficient (Wildman–Crippen LogP) is 3.64. The van der Waals surface area contributed by atoms with E-state index in [1.54, 1.807) is 0 Å². The van der Waals surface area contributed by atoms with Crippen LogP contribution in [0, 0.1) is 5.92 Å². The normalized spacial score (nSPS) is 13.9. The minimum Gasteiger partial charge on any atom is -0.455 e. The van der Waals surface area contributed by atoms with Crippen molar-refractivity contribution in [1.29, 1.82) is 0 Å². The summed E-state index contributed by atoms with van der Waals surface area (Å²) in [6, 6.07) is 17.6. The molecule has 0 bridgehead atoms. The quantitative estimate of drug-likeness (QED) is 0.858. The van der Waals surface area contributed by atoms with Crippen molar-refractivity contribution < 1.29 is 14.3 Å². The lowest BCUT2D eigenvalue weighted by atomic mass is 9.86. The van der Waals surface area contributed by atoms with Crippen molar-refractivity contribution in [3.05, 3.63) is 54.6 Å². The van der Waals surface area contributed by atoms with E-state index in [1.807, 2.05) is 54.6 Å². The van der Waals surface area contributed by atoms with E-state index in [1.165, 1.54) is 0 Å². The fourth-order valence-electron chi connectivity index (χ4n) is 2.47. The lowest BCUT2D eigenvalue weighted by Crippen LogP contribution is -2.28. The summed E-state index contributed by atoms with van der Waals surface area (Å²) in [6.07, 6.45) is 2.82. The Morgan fingerprint density at radius 1 is 0.957 bits per heavy atom. The van der Waals surface area contributed by atoms with E-state index in [4.69, 9.17) is 4.74 Å². The van der Waals surface area contributed by atoms with E-state index < -0.39 is 0 Å². The van der Waals surface area contributed by atoms with Crippen molar-refractivity contribution in [2.75, 3.05) is 11.9 Å². The van der Waals surface area contributed by atoms with Crippen LogP contribution in [0.15, 0.2) is 54.6 Å². The largest absolute Gasteiger partial charge is 0.455 e. The lowest BCUT2D eigenvalue weighted by Gasteiger charge is -2.22. The van der Waals surface area contributed by atoms with Gasteiger partial charge in [0.2, 0.25) is 0 Å². The van der Waals surface area contributed by atoms with Gasteiger partial charge in [-0.1, -0.05) is 48.9 Å². The molecule has 0 spiro atoms. The van der Waals surface area contributed by atoms with Gasteiger partial charge in [-0.2, -0.15) is 0 Å². The van der Waals surface area contributed by atoms with Crippen molar-refractivity contribution in [3.63, 3.8) is 0 Å². The molecule has 1 amide bonds. The average molecular weight is 309 g/mol. The molecule has 1 aliphatic carbocycles. The summed E-state index contributed by atoms with van der Waals surface area (Å²) in [5.41, 5.74) is 2.90.